The van der Waals surface area contributed by atoms with E-state index in [1.54, 1.807) is 0 Å². The molecule has 0 N–H and O–H groups in total. The summed E-state index contributed by atoms with van der Waals surface area (Å²) in [6.07, 6.45) is 0.929. The van der Waals surface area contributed by atoms with Crippen LogP contribution in [0.1, 0.15) is 35.2 Å². The summed E-state index contributed by atoms with van der Waals surface area (Å²) in [4.78, 5) is 12.3. The monoisotopic (exact) mass is 316 g/mol. The van der Waals surface area contributed by atoms with Crippen molar-refractivity contribution in [2.75, 3.05) is 0 Å². The van der Waals surface area contributed by atoms with E-state index in [1.165, 1.54) is 5.56 Å². The van der Waals surface area contributed by atoms with Crippen LogP contribution in [0.25, 0.3) is 0 Å². The van der Waals surface area contributed by atoms with E-state index in [0.717, 1.165) is 12.0 Å². The fourth-order valence-electron chi connectivity index (χ4n) is 2.26. The van der Waals surface area contributed by atoms with Gasteiger partial charge in [0.05, 0.1) is 4.83 Å². The Kier molecular flexibility index (Phi) is 4.92. The van der Waals surface area contributed by atoms with Gasteiger partial charge in [-0.25, -0.2) is 0 Å². The molecule has 2 atom stereocenters. The van der Waals surface area contributed by atoms with Crippen molar-refractivity contribution < 1.29 is 4.79 Å². The zero-order valence-electron chi connectivity index (χ0n) is 10.9. The molecule has 0 fully saturated rings. The van der Waals surface area contributed by atoms with Crippen molar-refractivity contribution in [3.8, 4) is 0 Å². The average Bonchev–Trinajstić information content (AvgIpc) is 2.49. The van der Waals surface area contributed by atoms with Crippen molar-refractivity contribution in [2.24, 2.45) is 0 Å². The second kappa shape index (κ2) is 6.67. The Labute approximate surface area is 122 Å². The molecular formula is C17H17BrO. The van der Waals surface area contributed by atoms with Crippen molar-refractivity contribution in [1.82, 2.24) is 0 Å². The molecule has 2 rings (SSSR count). The molecule has 0 amide bonds. The van der Waals surface area contributed by atoms with E-state index in [2.05, 4.69) is 35.0 Å². The summed E-state index contributed by atoms with van der Waals surface area (Å²) in [7, 11) is 0. The second-order valence-electron chi connectivity index (χ2n) is 4.56. The minimum atomic E-state index is -0.178. The molecule has 2 aromatic rings. The summed E-state index contributed by atoms with van der Waals surface area (Å²) in [5.41, 5.74) is 1.97. The maximum absolute atomic E-state index is 12.5. The third-order valence-corrected chi connectivity index (χ3v) is 4.38. The fraction of sp³-hybridized carbons (Fsp3) is 0.235. The molecular weight excluding hydrogens is 300 g/mol. The number of Topliss-reactive ketones (excluding diaryl/α,β-unsaturated/α-hetero) is 1. The van der Waals surface area contributed by atoms with Crippen molar-refractivity contribution in [2.45, 2.75) is 24.1 Å². The highest BCUT2D eigenvalue weighted by Crippen LogP contribution is 2.30. The van der Waals surface area contributed by atoms with E-state index in [9.17, 15) is 4.79 Å². The molecule has 0 radical (unpaired) electrons. The predicted octanol–water partition coefficient (Wildman–Crippen LogP) is 4.83. The lowest BCUT2D eigenvalue weighted by atomic mass is 9.89. The Morgan fingerprint density at radius 3 is 2.05 bits per heavy atom. The quantitative estimate of drug-likeness (QED) is 0.570. The largest absolute Gasteiger partial charge is 0.293 e. The van der Waals surface area contributed by atoms with E-state index in [-0.39, 0.29) is 16.5 Å². The molecule has 1 nitrogen and oxygen atoms in total. The standard InChI is InChI=1S/C17H17BrO/c1-2-15(13-9-5-3-6-10-13)16(18)17(19)14-11-7-4-8-12-14/h3-12,15-16H,2H2,1H3/t15-,16?/m1/s1. The van der Waals surface area contributed by atoms with Crippen LogP contribution in [0.4, 0.5) is 0 Å². The Morgan fingerprint density at radius 1 is 1.00 bits per heavy atom. The first kappa shape index (κ1) is 14.0. The van der Waals surface area contributed by atoms with Crippen LogP contribution in [0, 0.1) is 0 Å². The summed E-state index contributed by atoms with van der Waals surface area (Å²) in [5.74, 6) is 0.352. The first-order chi connectivity index (χ1) is 9.24. The van der Waals surface area contributed by atoms with Gasteiger partial charge in [-0.1, -0.05) is 83.5 Å². The highest BCUT2D eigenvalue weighted by molar-refractivity contribution is 9.10. The molecule has 98 valence electrons. The molecule has 0 aliphatic heterocycles. The highest BCUT2D eigenvalue weighted by atomic mass is 79.9. The number of carbonyl (C=O) groups excluding carboxylic acids is 1. The number of carbonyl (C=O) groups is 1. The molecule has 0 bridgehead atoms. The number of rotatable bonds is 5. The van der Waals surface area contributed by atoms with Gasteiger partial charge in [0.2, 0.25) is 0 Å². The lowest BCUT2D eigenvalue weighted by molar-refractivity contribution is 0.0982. The van der Waals surface area contributed by atoms with Gasteiger partial charge in [0.15, 0.2) is 5.78 Å². The number of ketones is 1. The molecule has 1 unspecified atom stereocenters. The van der Waals surface area contributed by atoms with Gasteiger partial charge in [-0.3, -0.25) is 4.79 Å². The van der Waals surface area contributed by atoms with Crippen molar-refractivity contribution >= 4 is 21.7 Å². The van der Waals surface area contributed by atoms with Gasteiger partial charge in [-0.05, 0) is 12.0 Å². The fourth-order valence-corrected chi connectivity index (χ4v) is 3.20. The maximum Gasteiger partial charge on any atom is 0.177 e. The number of halogens is 1. The lowest BCUT2D eigenvalue weighted by Gasteiger charge is -2.20. The number of hydrogen-bond acceptors (Lipinski definition) is 1. The highest BCUT2D eigenvalue weighted by Gasteiger charge is 2.26. The van der Waals surface area contributed by atoms with Crippen LogP contribution in [-0.4, -0.2) is 10.6 Å². The zero-order chi connectivity index (χ0) is 13.7. The van der Waals surface area contributed by atoms with Crippen molar-refractivity contribution in [3.63, 3.8) is 0 Å². The zero-order valence-corrected chi connectivity index (χ0v) is 12.5. The van der Waals surface area contributed by atoms with Crippen LogP contribution >= 0.6 is 15.9 Å². The third kappa shape index (κ3) is 3.32. The number of benzene rings is 2. The van der Waals surface area contributed by atoms with E-state index in [1.807, 2.05) is 48.5 Å². The maximum atomic E-state index is 12.5. The van der Waals surface area contributed by atoms with Crippen LogP contribution in [0.2, 0.25) is 0 Å². The van der Waals surface area contributed by atoms with Crippen molar-refractivity contribution in [3.05, 3.63) is 71.8 Å². The third-order valence-electron chi connectivity index (χ3n) is 3.33. The molecule has 2 heteroatoms. The molecule has 19 heavy (non-hydrogen) atoms. The van der Waals surface area contributed by atoms with Gasteiger partial charge in [0, 0.05) is 11.5 Å². The van der Waals surface area contributed by atoms with E-state index >= 15 is 0 Å². The van der Waals surface area contributed by atoms with Gasteiger partial charge in [0.25, 0.3) is 0 Å². The van der Waals surface area contributed by atoms with Gasteiger partial charge in [-0.2, -0.15) is 0 Å². The van der Waals surface area contributed by atoms with Gasteiger partial charge >= 0.3 is 0 Å². The van der Waals surface area contributed by atoms with Gasteiger partial charge < -0.3 is 0 Å². The molecule has 0 aromatic heterocycles. The van der Waals surface area contributed by atoms with Crippen LogP contribution < -0.4 is 0 Å². The molecule has 0 aliphatic rings. The van der Waals surface area contributed by atoms with E-state index in [4.69, 9.17) is 0 Å². The van der Waals surface area contributed by atoms with Gasteiger partial charge in [0.1, 0.15) is 0 Å². The van der Waals surface area contributed by atoms with Crippen LogP contribution in [-0.2, 0) is 0 Å². The summed E-state index contributed by atoms with van der Waals surface area (Å²) in [5, 5.41) is 0. The van der Waals surface area contributed by atoms with Gasteiger partial charge in [-0.15, -0.1) is 0 Å². The Hall–Kier alpha value is -1.41. The molecule has 0 saturated heterocycles. The molecule has 2 aromatic carbocycles. The Morgan fingerprint density at radius 2 is 1.53 bits per heavy atom. The Balaban J connectivity index is 2.22. The first-order valence-corrected chi connectivity index (χ1v) is 7.44. The minimum absolute atomic E-state index is 0.149. The van der Waals surface area contributed by atoms with E-state index in [0.29, 0.717) is 0 Å². The summed E-state index contributed by atoms with van der Waals surface area (Å²) >= 11 is 3.59. The minimum Gasteiger partial charge on any atom is -0.293 e. The molecule has 0 aliphatic carbocycles. The Bertz CT molecular complexity index is 521. The second-order valence-corrected chi connectivity index (χ2v) is 5.54. The normalized spacial score (nSPS) is 13.8. The molecule has 0 spiro atoms. The van der Waals surface area contributed by atoms with E-state index < -0.39 is 0 Å². The molecule has 0 heterocycles. The smallest absolute Gasteiger partial charge is 0.177 e. The summed E-state index contributed by atoms with van der Waals surface area (Å²) in [6.45, 7) is 2.12. The summed E-state index contributed by atoms with van der Waals surface area (Å²) in [6, 6.07) is 19.7. The predicted molar refractivity (Wildman–Crippen MR) is 83.0 cm³/mol. The van der Waals surface area contributed by atoms with Crippen LogP contribution in [0.3, 0.4) is 0 Å². The number of alkyl halides is 1. The number of hydrogen-bond donors (Lipinski definition) is 0. The van der Waals surface area contributed by atoms with Crippen LogP contribution in [0.5, 0.6) is 0 Å². The average molecular weight is 317 g/mol. The summed E-state index contributed by atoms with van der Waals surface area (Å²) < 4.78 is 0. The van der Waals surface area contributed by atoms with Crippen LogP contribution in [0.15, 0.2) is 60.7 Å². The van der Waals surface area contributed by atoms with Crippen molar-refractivity contribution in [1.29, 1.82) is 0 Å². The topological polar surface area (TPSA) is 17.1 Å². The lowest BCUT2D eigenvalue weighted by Crippen LogP contribution is -2.22. The SMILES string of the molecule is CC[C@H](c1ccccc1)C(Br)C(=O)c1ccccc1. The first-order valence-electron chi connectivity index (χ1n) is 6.52. The molecule has 0 saturated carbocycles.